The molecule has 2 heterocycles. The van der Waals surface area contributed by atoms with E-state index in [4.69, 9.17) is 9.47 Å². The Hall–Kier alpha value is -3.45. The van der Waals surface area contributed by atoms with Gasteiger partial charge >= 0.3 is 5.97 Å². The van der Waals surface area contributed by atoms with E-state index in [0.717, 1.165) is 22.0 Å². The van der Waals surface area contributed by atoms with Crippen molar-refractivity contribution in [2.75, 3.05) is 33.4 Å². The Morgan fingerprint density at radius 1 is 1.16 bits per heavy atom. The van der Waals surface area contributed by atoms with Crippen molar-refractivity contribution in [3.63, 3.8) is 0 Å². The van der Waals surface area contributed by atoms with E-state index in [1.807, 2.05) is 52.9 Å². The van der Waals surface area contributed by atoms with Gasteiger partial charge in [-0.2, -0.15) is 0 Å². The van der Waals surface area contributed by atoms with Crippen LogP contribution in [0.15, 0.2) is 53.7 Å². The number of esters is 1. The Kier molecular flexibility index (Phi) is 6.13. The predicted molar refractivity (Wildman–Crippen MR) is 119 cm³/mol. The van der Waals surface area contributed by atoms with Crippen LogP contribution in [0.25, 0.3) is 10.9 Å². The van der Waals surface area contributed by atoms with Crippen molar-refractivity contribution in [1.82, 2.24) is 9.47 Å². The topological polar surface area (TPSA) is 73.1 Å². The number of hydrogen-bond donors (Lipinski definition) is 0. The van der Waals surface area contributed by atoms with E-state index >= 15 is 0 Å². The zero-order valence-corrected chi connectivity index (χ0v) is 17.7. The Morgan fingerprint density at radius 3 is 2.71 bits per heavy atom. The van der Waals surface area contributed by atoms with Crippen LogP contribution in [-0.2, 0) is 20.8 Å². The highest BCUT2D eigenvalue weighted by Gasteiger charge is 2.18. The number of nitrogens with zero attached hydrogens (tertiary/aromatic N) is 3. The number of aryl methyl sites for hydroxylation is 1. The maximum absolute atomic E-state index is 12.7. The van der Waals surface area contributed by atoms with Crippen LogP contribution in [0.3, 0.4) is 0 Å². The molecular formula is C24H25N3O4. The van der Waals surface area contributed by atoms with Crippen molar-refractivity contribution < 1.29 is 19.1 Å². The second-order valence-corrected chi connectivity index (χ2v) is 7.47. The van der Waals surface area contributed by atoms with Gasteiger partial charge in [0.25, 0.3) is 0 Å². The van der Waals surface area contributed by atoms with Gasteiger partial charge in [-0.15, -0.1) is 0 Å². The Labute approximate surface area is 180 Å². The van der Waals surface area contributed by atoms with Crippen molar-refractivity contribution >= 4 is 34.7 Å². The lowest BCUT2D eigenvalue weighted by Gasteiger charge is -2.27. The molecule has 0 radical (unpaired) electrons. The average molecular weight is 419 g/mol. The molecule has 1 aromatic heterocycles. The lowest BCUT2D eigenvalue weighted by Crippen LogP contribution is -2.42. The van der Waals surface area contributed by atoms with Gasteiger partial charge in [0, 0.05) is 42.0 Å². The fourth-order valence-electron chi connectivity index (χ4n) is 3.70. The van der Waals surface area contributed by atoms with Crippen molar-refractivity contribution in [2.45, 2.75) is 13.5 Å². The number of aliphatic imine (C=N–C) groups is 1. The van der Waals surface area contributed by atoms with E-state index in [1.165, 1.54) is 7.11 Å². The van der Waals surface area contributed by atoms with Crippen molar-refractivity contribution in [3.8, 4) is 0 Å². The molecule has 0 atom stereocenters. The molecule has 0 N–H and O–H groups in total. The molecule has 1 fully saturated rings. The number of hydrogen-bond acceptors (Lipinski definition) is 5. The van der Waals surface area contributed by atoms with Crippen LogP contribution >= 0.6 is 0 Å². The fourth-order valence-corrected chi connectivity index (χ4v) is 3.70. The Balaban J connectivity index is 1.63. The maximum atomic E-state index is 12.7. The molecule has 7 heteroatoms. The van der Waals surface area contributed by atoms with Gasteiger partial charge in [-0.25, -0.2) is 4.79 Å². The summed E-state index contributed by atoms with van der Waals surface area (Å²) in [5, 5.41) is 1.02. The summed E-state index contributed by atoms with van der Waals surface area (Å²) in [6.07, 6.45) is 3.73. The quantitative estimate of drug-likeness (QED) is 0.470. The Morgan fingerprint density at radius 2 is 1.94 bits per heavy atom. The molecular weight excluding hydrogens is 394 g/mol. The summed E-state index contributed by atoms with van der Waals surface area (Å²) in [5.74, 6) is -0.316. The van der Waals surface area contributed by atoms with E-state index in [0.29, 0.717) is 37.6 Å². The fraction of sp³-hybridized carbons (Fsp3) is 0.292. The zero-order chi connectivity index (χ0) is 21.8. The molecule has 4 rings (SSSR count). The van der Waals surface area contributed by atoms with Gasteiger partial charge in [-0.3, -0.25) is 9.79 Å². The average Bonchev–Trinajstić information content (AvgIpc) is 3.16. The van der Waals surface area contributed by atoms with E-state index < -0.39 is 5.97 Å². The number of ether oxygens (including phenoxy) is 2. The van der Waals surface area contributed by atoms with Gasteiger partial charge in [0.15, 0.2) is 0 Å². The van der Waals surface area contributed by atoms with Gasteiger partial charge in [-0.1, -0.05) is 24.3 Å². The normalized spacial score (nSPS) is 14.3. The number of benzene rings is 2. The molecule has 1 aliphatic heterocycles. The minimum atomic E-state index is -0.394. The summed E-state index contributed by atoms with van der Waals surface area (Å²) in [4.78, 5) is 31.1. The van der Waals surface area contributed by atoms with Crippen LogP contribution in [0.5, 0.6) is 0 Å². The summed E-state index contributed by atoms with van der Waals surface area (Å²) in [6.45, 7) is 4.63. The molecule has 1 amide bonds. The summed E-state index contributed by atoms with van der Waals surface area (Å²) in [6, 6.07) is 13.2. The second kappa shape index (κ2) is 9.14. The highest BCUT2D eigenvalue weighted by molar-refractivity contribution is 6.01. The van der Waals surface area contributed by atoms with Crippen LogP contribution in [-0.4, -0.2) is 61.0 Å². The molecule has 160 valence electrons. The molecule has 0 bridgehead atoms. The molecule has 3 aromatic rings. The van der Waals surface area contributed by atoms with Gasteiger partial charge in [-0.05, 0) is 30.7 Å². The minimum Gasteiger partial charge on any atom is -0.465 e. The monoisotopic (exact) mass is 419 g/mol. The van der Waals surface area contributed by atoms with Crippen LogP contribution in [0.2, 0.25) is 0 Å². The van der Waals surface area contributed by atoms with Gasteiger partial charge < -0.3 is 18.9 Å². The number of fused-ring (bicyclic) bond motifs is 1. The number of morpholine rings is 1. The first-order chi connectivity index (χ1) is 15.1. The van der Waals surface area contributed by atoms with E-state index in [-0.39, 0.29) is 12.5 Å². The van der Waals surface area contributed by atoms with Gasteiger partial charge in [0.1, 0.15) is 6.54 Å². The maximum Gasteiger partial charge on any atom is 0.337 e. The minimum absolute atomic E-state index is 0.0779. The SMILES string of the molecule is COC(=O)c1ccc(C)c(N=Cc2cn(CC(=O)N3CCOCC3)c3ccccc23)c1. The summed E-state index contributed by atoms with van der Waals surface area (Å²) in [7, 11) is 1.36. The third kappa shape index (κ3) is 4.51. The molecule has 1 saturated heterocycles. The highest BCUT2D eigenvalue weighted by Crippen LogP contribution is 2.24. The lowest BCUT2D eigenvalue weighted by atomic mass is 10.1. The lowest BCUT2D eigenvalue weighted by molar-refractivity contribution is -0.135. The van der Waals surface area contributed by atoms with Gasteiger partial charge in [0.05, 0.1) is 31.6 Å². The largest absolute Gasteiger partial charge is 0.465 e. The highest BCUT2D eigenvalue weighted by atomic mass is 16.5. The first kappa shape index (κ1) is 20.8. The first-order valence-corrected chi connectivity index (χ1v) is 10.2. The molecule has 2 aromatic carbocycles. The van der Waals surface area contributed by atoms with Crippen LogP contribution < -0.4 is 0 Å². The van der Waals surface area contributed by atoms with Crippen LogP contribution in [0.1, 0.15) is 21.5 Å². The molecule has 0 unspecified atom stereocenters. The van der Waals surface area contributed by atoms with E-state index in [2.05, 4.69) is 4.99 Å². The van der Waals surface area contributed by atoms with Crippen LogP contribution in [0, 0.1) is 6.92 Å². The number of amides is 1. The molecule has 1 aliphatic rings. The molecule has 0 aliphatic carbocycles. The molecule has 31 heavy (non-hydrogen) atoms. The zero-order valence-electron chi connectivity index (χ0n) is 17.7. The van der Waals surface area contributed by atoms with Crippen molar-refractivity contribution in [3.05, 3.63) is 65.4 Å². The number of carbonyl (C=O) groups is 2. The third-order valence-electron chi connectivity index (χ3n) is 5.46. The second-order valence-electron chi connectivity index (χ2n) is 7.47. The van der Waals surface area contributed by atoms with Crippen LogP contribution in [0.4, 0.5) is 5.69 Å². The number of carbonyl (C=O) groups excluding carboxylic acids is 2. The molecule has 0 saturated carbocycles. The number of methoxy groups -OCH3 is 1. The number of aromatic nitrogens is 1. The molecule has 7 nitrogen and oxygen atoms in total. The van der Waals surface area contributed by atoms with Crippen molar-refractivity contribution in [1.29, 1.82) is 0 Å². The Bertz CT molecular complexity index is 1140. The van der Waals surface area contributed by atoms with Crippen molar-refractivity contribution in [2.24, 2.45) is 4.99 Å². The number of para-hydroxylation sites is 1. The first-order valence-electron chi connectivity index (χ1n) is 10.2. The predicted octanol–water partition coefficient (Wildman–Crippen LogP) is 3.35. The summed E-state index contributed by atoms with van der Waals surface area (Å²) < 4.78 is 12.1. The van der Waals surface area contributed by atoms with E-state index in [1.54, 1.807) is 18.3 Å². The number of rotatable bonds is 5. The van der Waals surface area contributed by atoms with E-state index in [9.17, 15) is 9.59 Å². The summed E-state index contributed by atoms with van der Waals surface area (Å²) in [5.41, 5.74) is 4.00. The third-order valence-corrected chi connectivity index (χ3v) is 5.46. The summed E-state index contributed by atoms with van der Waals surface area (Å²) >= 11 is 0. The standard InChI is InChI=1S/C24H25N3O4/c1-17-7-8-18(24(29)30-2)13-21(17)25-14-19-15-27(22-6-4-3-5-20(19)22)16-23(28)26-9-11-31-12-10-26/h3-8,13-15H,9-12,16H2,1-2H3. The molecule has 0 spiro atoms. The smallest absolute Gasteiger partial charge is 0.337 e. The van der Waals surface area contributed by atoms with Gasteiger partial charge in [0.2, 0.25) is 5.91 Å².